The van der Waals surface area contributed by atoms with E-state index in [-0.39, 0.29) is 30.3 Å². The molecule has 4 nitrogen and oxygen atoms in total. The molecule has 0 atom stereocenters. The Kier molecular flexibility index (Phi) is 5.61. The summed E-state index contributed by atoms with van der Waals surface area (Å²) in [7, 11) is 0. The number of Topliss-reactive ketones (excluding diaryl/α,β-unsaturated/α-hetero) is 2. The summed E-state index contributed by atoms with van der Waals surface area (Å²) in [5, 5.41) is 2.74. The molecule has 0 saturated carbocycles. The van der Waals surface area contributed by atoms with Crippen LogP contribution in [-0.2, 0) is 17.6 Å². The van der Waals surface area contributed by atoms with Crippen molar-refractivity contribution in [3.8, 4) is 0 Å². The fourth-order valence-electron chi connectivity index (χ4n) is 3.39. The van der Waals surface area contributed by atoms with Crippen LogP contribution in [0, 0.1) is 0 Å². The predicted octanol–water partition coefficient (Wildman–Crippen LogP) is 4.37. The van der Waals surface area contributed by atoms with Crippen molar-refractivity contribution < 1.29 is 14.4 Å². The number of ketones is 2. The fraction of sp³-hybridized carbons (Fsp3) is 0.318. The number of fused-ring (bicyclic) bond motifs is 1. The molecule has 0 radical (unpaired) electrons. The van der Waals surface area contributed by atoms with Crippen LogP contribution in [0.25, 0.3) is 0 Å². The van der Waals surface area contributed by atoms with Crippen LogP contribution < -0.4 is 5.32 Å². The zero-order valence-corrected chi connectivity index (χ0v) is 15.0. The Morgan fingerprint density at radius 2 is 1.65 bits per heavy atom. The Bertz CT molecular complexity index is 854. The summed E-state index contributed by atoms with van der Waals surface area (Å²) in [6, 6.07) is 12.8. The number of para-hydroxylation sites is 1. The topological polar surface area (TPSA) is 63.2 Å². The van der Waals surface area contributed by atoms with Gasteiger partial charge < -0.3 is 5.32 Å². The van der Waals surface area contributed by atoms with Gasteiger partial charge in [0.25, 0.3) is 0 Å². The highest BCUT2D eigenvalue weighted by atomic mass is 16.2. The molecule has 2 aromatic carbocycles. The van der Waals surface area contributed by atoms with E-state index >= 15 is 0 Å². The van der Waals surface area contributed by atoms with Crippen molar-refractivity contribution in [2.45, 2.75) is 45.4 Å². The molecule has 3 rings (SSSR count). The van der Waals surface area contributed by atoms with Gasteiger partial charge in [-0.05, 0) is 61.9 Å². The largest absolute Gasteiger partial charge is 0.325 e. The fourth-order valence-corrected chi connectivity index (χ4v) is 3.39. The van der Waals surface area contributed by atoms with Gasteiger partial charge in [0.1, 0.15) is 0 Å². The average molecular weight is 349 g/mol. The minimum atomic E-state index is -0.259. The van der Waals surface area contributed by atoms with Crippen LogP contribution in [0.3, 0.4) is 0 Å². The first-order chi connectivity index (χ1) is 12.5. The maximum atomic E-state index is 12.4. The monoisotopic (exact) mass is 349 g/mol. The summed E-state index contributed by atoms with van der Waals surface area (Å²) in [6.07, 6.45) is 4.75. The summed E-state index contributed by atoms with van der Waals surface area (Å²) in [5.41, 5.74) is 4.25. The van der Waals surface area contributed by atoms with E-state index in [0.29, 0.717) is 16.8 Å². The van der Waals surface area contributed by atoms with E-state index in [4.69, 9.17) is 0 Å². The number of carbonyl (C=O) groups excluding carboxylic acids is 3. The standard InChI is InChI=1S/C22H23NO3/c1-15(24)19-8-4-5-9-20(19)23-22(26)13-12-21(25)18-11-10-16-6-2-3-7-17(16)14-18/h4-5,8-11,14H,2-3,6-7,12-13H2,1H3,(H,23,26). The molecule has 2 aromatic rings. The number of rotatable bonds is 6. The van der Waals surface area contributed by atoms with E-state index in [1.54, 1.807) is 24.3 Å². The summed E-state index contributed by atoms with van der Waals surface area (Å²) < 4.78 is 0. The molecule has 1 amide bonds. The second kappa shape index (κ2) is 8.09. The van der Waals surface area contributed by atoms with E-state index in [1.807, 2.05) is 18.2 Å². The van der Waals surface area contributed by atoms with Gasteiger partial charge in [0, 0.05) is 24.0 Å². The Hall–Kier alpha value is -2.75. The van der Waals surface area contributed by atoms with E-state index < -0.39 is 0 Å². The van der Waals surface area contributed by atoms with Crippen LogP contribution >= 0.6 is 0 Å². The lowest BCUT2D eigenvalue weighted by Gasteiger charge is -2.16. The molecule has 1 aliphatic rings. The van der Waals surface area contributed by atoms with Crippen molar-refractivity contribution in [3.63, 3.8) is 0 Å². The smallest absolute Gasteiger partial charge is 0.224 e. The highest BCUT2D eigenvalue weighted by Crippen LogP contribution is 2.23. The summed E-state index contributed by atoms with van der Waals surface area (Å²) in [4.78, 5) is 36.2. The second-order valence-corrected chi connectivity index (χ2v) is 6.76. The quantitative estimate of drug-likeness (QED) is 0.788. The van der Waals surface area contributed by atoms with Gasteiger partial charge in [-0.1, -0.05) is 24.3 Å². The van der Waals surface area contributed by atoms with Crippen molar-refractivity contribution in [3.05, 3.63) is 64.7 Å². The molecule has 0 aromatic heterocycles. The molecule has 4 heteroatoms. The average Bonchev–Trinajstić information content (AvgIpc) is 2.66. The highest BCUT2D eigenvalue weighted by molar-refractivity contribution is 6.05. The number of benzene rings is 2. The molecule has 0 fully saturated rings. The van der Waals surface area contributed by atoms with Gasteiger partial charge in [-0.2, -0.15) is 0 Å². The summed E-state index contributed by atoms with van der Waals surface area (Å²) in [6.45, 7) is 1.46. The van der Waals surface area contributed by atoms with Crippen molar-refractivity contribution in [1.29, 1.82) is 0 Å². The maximum Gasteiger partial charge on any atom is 0.224 e. The van der Waals surface area contributed by atoms with Crippen molar-refractivity contribution in [1.82, 2.24) is 0 Å². The SMILES string of the molecule is CC(=O)c1ccccc1NC(=O)CCC(=O)c1ccc2c(c1)CCCC2. The number of hydrogen-bond acceptors (Lipinski definition) is 3. The first-order valence-corrected chi connectivity index (χ1v) is 9.09. The third-order valence-corrected chi connectivity index (χ3v) is 4.83. The molecule has 0 bridgehead atoms. The lowest BCUT2D eigenvalue weighted by atomic mass is 9.89. The van der Waals surface area contributed by atoms with Gasteiger partial charge in [0.2, 0.25) is 5.91 Å². The van der Waals surface area contributed by atoms with Crippen LogP contribution in [0.5, 0.6) is 0 Å². The van der Waals surface area contributed by atoms with Crippen LogP contribution in [0.15, 0.2) is 42.5 Å². The zero-order valence-electron chi connectivity index (χ0n) is 15.0. The second-order valence-electron chi connectivity index (χ2n) is 6.76. The maximum absolute atomic E-state index is 12.4. The van der Waals surface area contributed by atoms with Crippen molar-refractivity contribution in [2.24, 2.45) is 0 Å². The van der Waals surface area contributed by atoms with Gasteiger partial charge in [-0.25, -0.2) is 0 Å². The third-order valence-electron chi connectivity index (χ3n) is 4.83. The van der Waals surface area contributed by atoms with Gasteiger partial charge in [-0.3, -0.25) is 14.4 Å². The van der Waals surface area contributed by atoms with Crippen LogP contribution in [0.4, 0.5) is 5.69 Å². The first-order valence-electron chi connectivity index (χ1n) is 9.09. The lowest BCUT2D eigenvalue weighted by Crippen LogP contribution is -2.15. The Labute approximate surface area is 153 Å². The van der Waals surface area contributed by atoms with Gasteiger partial charge >= 0.3 is 0 Å². The van der Waals surface area contributed by atoms with Crippen LogP contribution in [0.1, 0.15) is 64.4 Å². The molecule has 0 unspecified atom stereocenters. The van der Waals surface area contributed by atoms with E-state index in [1.165, 1.54) is 30.9 Å². The molecule has 0 aliphatic heterocycles. The molecule has 0 spiro atoms. The molecular weight excluding hydrogens is 326 g/mol. The highest BCUT2D eigenvalue weighted by Gasteiger charge is 2.15. The number of anilines is 1. The first kappa shape index (κ1) is 18.1. The van der Waals surface area contributed by atoms with E-state index in [0.717, 1.165) is 12.8 Å². The third kappa shape index (κ3) is 4.26. The predicted molar refractivity (Wildman–Crippen MR) is 102 cm³/mol. The normalized spacial score (nSPS) is 13.0. The van der Waals surface area contributed by atoms with E-state index in [2.05, 4.69) is 5.32 Å². The molecule has 1 N–H and O–H groups in total. The van der Waals surface area contributed by atoms with Gasteiger partial charge in [0.15, 0.2) is 11.6 Å². The Morgan fingerprint density at radius 3 is 2.42 bits per heavy atom. The Balaban J connectivity index is 1.59. The number of aryl methyl sites for hydroxylation is 2. The number of carbonyl (C=O) groups is 3. The van der Waals surface area contributed by atoms with Crippen molar-refractivity contribution >= 4 is 23.2 Å². The molecule has 26 heavy (non-hydrogen) atoms. The summed E-state index contributed by atoms with van der Waals surface area (Å²) in [5.74, 6) is -0.385. The lowest BCUT2D eigenvalue weighted by molar-refractivity contribution is -0.116. The van der Waals surface area contributed by atoms with Gasteiger partial charge in [-0.15, -0.1) is 0 Å². The number of nitrogens with one attached hydrogen (secondary N) is 1. The number of amides is 1. The molecule has 134 valence electrons. The minimum absolute atomic E-state index is 0.0200. The molecule has 1 aliphatic carbocycles. The zero-order chi connectivity index (χ0) is 18.5. The van der Waals surface area contributed by atoms with Crippen LogP contribution in [0.2, 0.25) is 0 Å². The van der Waals surface area contributed by atoms with Crippen LogP contribution in [-0.4, -0.2) is 17.5 Å². The van der Waals surface area contributed by atoms with Crippen molar-refractivity contribution in [2.75, 3.05) is 5.32 Å². The molecule has 0 saturated heterocycles. The van der Waals surface area contributed by atoms with Gasteiger partial charge in [0.05, 0.1) is 5.69 Å². The molecule has 0 heterocycles. The minimum Gasteiger partial charge on any atom is -0.325 e. The Morgan fingerprint density at radius 1 is 0.923 bits per heavy atom. The summed E-state index contributed by atoms with van der Waals surface area (Å²) >= 11 is 0. The molecular formula is C22H23NO3. The van der Waals surface area contributed by atoms with E-state index in [9.17, 15) is 14.4 Å². The number of hydrogen-bond donors (Lipinski definition) is 1.